The van der Waals surface area contributed by atoms with Crippen molar-refractivity contribution in [2.75, 3.05) is 40.9 Å². The van der Waals surface area contributed by atoms with E-state index < -0.39 is 20.0 Å². The lowest BCUT2D eigenvalue weighted by molar-refractivity contribution is -0.870. The molecule has 3 atom stereocenters. The third kappa shape index (κ3) is 35.6. The first kappa shape index (κ1) is 49.2. The highest BCUT2D eigenvalue weighted by Crippen LogP contribution is 2.38. The average molecular weight is 731 g/mol. The molecule has 0 rings (SSSR count). The van der Waals surface area contributed by atoms with E-state index in [1.165, 1.54) is 128 Å². The average Bonchev–Trinajstić information content (AvgIpc) is 3.06. The van der Waals surface area contributed by atoms with Crippen LogP contribution in [0.4, 0.5) is 0 Å². The van der Waals surface area contributed by atoms with Crippen LogP contribution in [0.3, 0.4) is 0 Å². The monoisotopic (exact) mass is 731 g/mol. The summed E-state index contributed by atoms with van der Waals surface area (Å²) in [6, 6.07) is -0.796. The quantitative estimate of drug-likeness (QED) is 0.0283. The number of aliphatic hydroxyl groups excluding tert-OH is 1. The predicted molar refractivity (Wildman–Crippen MR) is 210 cm³/mol. The van der Waals surface area contributed by atoms with Crippen molar-refractivity contribution in [3.8, 4) is 0 Å². The second-order valence-corrected chi connectivity index (χ2v) is 17.1. The number of phosphoric acid groups is 1. The van der Waals surface area contributed by atoms with E-state index in [1.807, 2.05) is 21.1 Å². The number of rotatable bonds is 38. The minimum Gasteiger partial charge on any atom is -0.756 e. The summed E-state index contributed by atoms with van der Waals surface area (Å²) in [6.07, 6.45) is 36.5. The molecule has 0 fully saturated rings. The number of aliphatic hydroxyl groups is 1. The molecule has 0 radical (unpaired) electrons. The molecule has 0 aromatic carbocycles. The number of allylic oxidation sites excluding steroid dienone is 2. The van der Waals surface area contributed by atoms with Crippen LogP contribution >= 0.6 is 7.82 Å². The van der Waals surface area contributed by atoms with Gasteiger partial charge in [0.25, 0.3) is 7.82 Å². The van der Waals surface area contributed by atoms with E-state index in [1.54, 1.807) is 0 Å². The fraction of sp³-hybridized carbons (Fsp3) is 0.927. The van der Waals surface area contributed by atoms with Crippen LogP contribution in [0, 0.1) is 0 Å². The highest BCUT2D eigenvalue weighted by molar-refractivity contribution is 7.45. The molecule has 9 heteroatoms. The Kier molecular flexibility index (Phi) is 33.5. The zero-order valence-corrected chi connectivity index (χ0v) is 34.5. The van der Waals surface area contributed by atoms with Crippen molar-refractivity contribution in [2.24, 2.45) is 0 Å². The van der Waals surface area contributed by atoms with Crippen LogP contribution in [-0.4, -0.2) is 68.5 Å². The lowest BCUT2D eigenvalue weighted by atomic mass is 10.0. The van der Waals surface area contributed by atoms with Crippen LogP contribution in [-0.2, 0) is 18.4 Å². The van der Waals surface area contributed by atoms with Gasteiger partial charge in [0, 0.05) is 6.42 Å². The van der Waals surface area contributed by atoms with E-state index in [2.05, 4.69) is 31.3 Å². The van der Waals surface area contributed by atoms with Gasteiger partial charge in [0.15, 0.2) is 0 Å². The fourth-order valence-corrected chi connectivity index (χ4v) is 6.81. The molecule has 0 aliphatic carbocycles. The van der Waals surface area contributed by atoms with E-state index in [0.717, 1.165) is 38.5 Å². The zero-order valence-electron chi connectivity index (χ0n) is 33.6. The van der Waals surface area contributed by atoms with Gasteiger partial charge in [0.1, 0.15) is 13.2 Å². The third-order valence-electron chi connectivity index (χ3n) is 9.50. The van der Waals surface area contributed by atoms with Crippen LogP contribution in [0.5, 0.6) is 0 Å². The zero-order chi connectivity index (χ0) is 37.2. The van der Waals surface area contributed by atoms with Crippen LogP contribution in [0.25, 0.3) is 0 Å². The Morgan fingerprint density at radius 1 is 0.680 bits per heavy atom. The molecule has 0 aliphatic rings. The summed E-state index contributed by atoms with van der Waals surface area (Å²) in [5.41, 5.74) is 0. The Balaban J connectivity index is 4.28. The van der Waals surface area contributed by atoms with Gasteiger partial charge in [-0.3, -0.25) is 9.36 Å². The lowest BCUT2D eigenvalue weighted by Crippen LogP contribution is -2.46. The summed E-state index contributed by atoms with van der Waals surface area (Å²) >= 11 is 0. The van der Waals surface area contributed by atoms with E-state index in [9.17, 15) is 19.4 Å². The molecule has 8 nitrogen and oxygen atoms in total. The second-order valence-electron chi connectivity index (χ2n) is 15.7. The highest BCUT2D eigenvalue weighted by atomic mass is 31.2. The number of nitrogens with zero attached hydrogens (tertiary/aromatic N) is 1. The van der Waals surface area contributed by atoms with Crippen molar-refractivity contribution in [2.45, 2.75) is 206 Å². The molecule has 0 saturated heterocycles. The number of hydrogen-bond acceptors (Lipinski definition) is 6. The molecule has 3 unspecified atom stereocenters. The molecule has 298 valence electrons. The van der Waals surface area contributed by atoms with Crippen molar-refractivity contribution < 1.29 is 32.9 Å². The Morgan fingerprint density at radius 2 is 1.10 bits per heavy atom. The van der Waals surface area contributed by atoms with Gasteiger partial charge in [-0.1, -0.05) is 161 Å². The molecule has 0 spiro atoms. The van der Waals surface area contributed by atoms with Gasteiger partial charge in [-0.25, -0.2) is 0 Å². The second kappa shape index (κ2) is 34.0. The Bertz CT molecular complexity index is 834. The maximum absolute atomic E-state index is 12.8. The molecule has 0 bridgehead atoms. The van der Waals surface area contributed by atoms with E-state index in [0.29, 0.717) is 23.9 Å². The van der Waals surface area contributed by atoms with E-state index in [-0.39, 0.29) is 19.1 Å². The normalized spacial score (nSPS) is 14.6. The van der Waals surface area contributed by atoms with Gasteiger partial charge in [0.2, 0.25) is 5.91 Å². The largest absolute Gasteiger partial charge is 0.756 e. The number of unbranched alkanes of at least 4 members (excludes halogenated alkanes) is 23. The maximum atomic E-state index is 12.8. The standard InChI is InChI=1S/C41H83N2O6P/c1-6-8-10-12-14-16-17-18-19-20-21-22-23-24-25-27-29-31-33-35-41(45)42-39(38-49-50(46,47)48-37-36-43(3,4)5)40(44)34-32-30-28-26-15-13-11-9-7-2/h20-21,39-40,44H,6-19,22-38H2,1-5H3,(H-,42,45,46,47)/b21-20-. The van der Waals surface area contributed by atoms with E-state index in [4.69, 9.17) is 9.05 Å². The van der Waals surface area contributed by atoms with Crippen LogP contribution in [0.1, 0.15) is 194 Å². The molecule has 50 heavy (non-hydrogen) atoms. The number of carbonyl (C=O) groups excluding carboxylic acids is 1. The molecular formula is C41H83N2O6P. The summed E-state index contributed by atoms with van der Waals surface area (Å²) in [6.45, 7) is 4.69. The first-order valence-electron chi connectivity index (χ1n) is 21.0. The minimum atomic E-state index is -4.55. The van der Waals surface area contributed by atoms with Crippen molar-refractivity contribution >= 4 is 13.7 Å². The first-order chi connectivity index (χ1) is 24.0. The van der Waals surface area contributed by atoms with Crippen LogP contribution in [0.15, 0.2) is 12.2 Å². The van der Waals surface area contributed by atoms with Crippen molar-refractivity contribution in [1.82, 2.24) is 5.32 Å². The van der Waals surface area contributed by atoms with Gasteiger partial charge in [-0.15, -0.1) is 0 Å². The maximum Gasteiger partial charge on any atom is 0.268 e. The minimum absolute atomic E-state index is 0.0126. The van der Waals surface area contributed by atoms with Crippen molar-refractivity contribution in [3.63, 3.8) is 0 Å². The number of hydrogen-bond donors (Lipinski definition) is 2. The number of amides is 1. The number of nitrogens with one attached hydrogen (secondary N) is 1. The SMILES string of the molecule is CCCCCCCCCC/C=C\CCCCCCCCCC(=O)NC(COP(=O)([O-])OCC[N+](C)(C)C)C(O)CCCCCCCCCCC. The first-order valence-corrected chi connectivity index (χ1v) is 22.5. The summed E-state index contributed by atoms with van der Waals surface area (Å²) in [4.78, 5) is 25.2. The Hall–Kier alpha value is -0.760. The van der Waals surface area contributed by atoms with Gasteiger partial charge in [-0.05, 0) is 38.5 Å². The van der Waals surface area contributed by atoms with Crippen molar-refractivity contribution in [1.29, 1.82) is 0 Å². The Morgan fingerprint density at radius 3 is 1.56 bits per heavy atom. The molecule has 0 aromatic rings. The number of phosphoric ester groups is 1. The molecule has 0 saturated carbocycles. The number of likely N-dealkylation sites (N-methyl/N-ethyl adjacent to an activating group) is 1. The van der Waals surface area contributed by atoms with Gasteiger partial charge in [-0.2, -0.15) is 0 Å². The third-order valence-corrected chi connectivity index (χ3v) is 10.5. The number of quaternary nitrogens is 1. The number of carbonyl (C=O) groups is 1. The Labute approximate surface area is 310 Å². The van der Waals surface area contributed by atoms with Gasteiger partial charge >= 0.3 is 0 Å². The predicted octanol–water partition coefficient (Wildman–Crippen LogP) is 10.6. The van der Waals surface area contributed by atoms with Crippen molar-refractivity contribution in [3.05, 3.63) is 12.2 Å². The van der Waals surface area contributed by atoms with Gasteiger partial charge < -0.3 is 28.8 Å². The highest BCUT2D eigenvalue weighted by Gasteiger charge is 2.24. The molecular weight excluding hydrogens is 647 g/mol. The summed E-state index contributed by atoms with van der Waals surface area (Å²) < 4.78 is 23.2. The molecule has 1 amide bonds. The summed E-state index contributed by atoms with van der Waals surface area (Å²) in [5.74, 6) is -0.171. The van der Waals surface area contributed by atoms with Crippen LogP contribution < -0.4 is 10.2 Å². The molecule has 2 N–H and O–H groups in total. The van der Waals surface area contributed by atoms with Gasteiger partial charge in [0.05, 0.1) is 39.9 Å². The molecule has 0 heterocycles. The summed E-state index contributed by atoms with van der Waals surface area (Å²) in [5, 5.41) is 13.8. The molecule has 0 aromatic heterocycles. The molecule has 0 aliphatic heterocycles. The van der Waals surface area contributed by atoms with Crippen LogP contribution in [0.2, 0.25) is 0 Å². The summed E-state index contributed by atoms with van der Waals surface area (Å²) in [7, 11) is 1.30. The van der Waals surface area contributed by atoms with E-state index >= 15 is 0 Å². The smallest absolute Gasteiger partial charge is 0.268 e. The fourth-order valence-electron chi connectivity index (χ4n) is 6.09. The lowest BCUT2D eigenvalue weighted by Gasteiger charge is -2.30. The topological polar surface area (TPSA) is 108 Å².